The molecule has 1 saturated carbocycles. The minimum Gasteiger partial charge on any atom is -0.474 e. The highest BCUT2D eigenvalue weighted by atomic mass is 16.5. The zero-order valence-electron chi connectivity index (χ0n) is 11.5. The Kier molecular flexibility index (Phi) is 3.43. The number of nitrogens with two attached hydrogens (primary N) is 1. The maximum absolute atomic E-state index is 6.00. The molecular formula is C13H22N4O. The lowest BCUT2D eigenvalue weighted by molar-refractivity contribution is 0.117. The summed E-state index contributed by atoms with van der Waals surface area (Å²) in [4.78, 5) is 8.52. The van der Waals surface area contributed by atoms with E-state index in [4.69, 9.17) is 10.5 Å². The number of aromatic nitrogens is 2. The molecule has 2 unspecified atom stereocenters. The molecule has 5 heteroatoms. The van der Waals surface area contributed by atoms with Crippen LogP contribution in [0.25, 0.3) is 0 Å². The summed E-state index contributed by atoms with van der Waals surface area (Å²) in [5.74, 6) is 1.30. The van der Waals surface area contributed by atoms with E-state index < -0.39 is 0 Å². The summed E-state index contributed by atoms with van der Waals surface area (Å²) >= 11 is 0. The Hall–Kier alpha value is -1.36. The Labute approximate surface area is 108 Å². The minimum absolute atomic E-state index is 0.0938. The van der Waals surface area contributed by atoms with E-state index >= 15 is 0 Å². The van der Waals surface area contributed by atoms with Gasteiger partial charge in [-0.15, -0.1) is 0 Å². The highest BCUT2D eigenvalue weighted by Crippen LogP contribution is 2.40. The molecule has 1 heterocycles. The van der Waals surface area contributed by atoms with Crippen LogP contribution in [0.4, 0.5) is 5.82 Å². The molecule has 1 fully saturated rings. The fourth-order valence-electron chi connectivity index (χ4n) is 2.10. The second-order valence-electron chi connectivity index (χ2n) is 5.77. The number of ether oxygens (including phenoxy) is 1. The van der Waals surface area contributed by atoms with Crippen LogP contribution in [0, 0.1) is 5.41 Å². The van der Waals surface area contributed by atoms with Gasteiger partial charge in [0.2, 0.25) is 5.88 Å². The molecule has 0 amide bonds. The van der Waals surface area contributed by atoms with Crippen LogP contribution in [0.3, 0.4) is 0 Å². The number of rotatable bonds is 4. The van der Waals surface area contributed by atoms with Crippen LogP contribution in [0.1, 0.15) is 34.1 Å². The number of nitrogens with one attached hydrogen (secondary N) is 1. The monoisotopic (exact) mass is 250 g/mol. The van der Waals surface area contributed by atoms with Crippen molar-refractivity contribution < 1.29 is 4.74 Å². The summed E-state index contributed by atoms with van der Waals surface area (Å²) in [7, 11) is 0. The molecule has 0 bridgehead atoms. The smallest absolute Gasteiger partial charge is 0.234 e. The first-order valence-corrected chi connectivity index (χ1v) is 6.40. The van der Waals surface area contributed by atoms with Crippen molar-refractivity contribution in [1.82, 2.24) is 9.97 Å². The van der Waals surface area contributed by atoms with Crippen molar-refractivity contribution in [3.05, 3.63) is 12.4 Å². The minimum atomic E-state index is 0.0938. The lowest BCUT2D eigenvalue weighted by atomic mass is 9.63. The van der Waals surface area contributed by atoms with E-state index in [-0.39, 0.29) is 17.6 Å². The third kappa shape index (κ3) is 2.56. The Morgan fingerprint density at radius 3 is 2.72 bits per heavy atom. The van der Waals surface area contributed by atoms with Gasteiger partial charge in [-0.05, 0) is 20.3 Å². The topological polar surface area (TPSA) is 73.1 Å². The van der Waals surface area contributed by atoms with E-state index in [1.54, 1.807) is 12.4 Å². The van der Waals surface area contributed by atoms with E-state index in [1.807, 2.05) is 13.8 Å². The van der Waals surface area contributed by atoms with Gasteiger partial charge < -0.3 is 15.8 Å². The second-order valence-corrected chi connectivity index (χ2v) is 5.77. The Morgan fingerprint density at radius 2 is 2.17 bits per heavy atom. The van der Waals surface area contributed by atoms with Crippen LogP contribution in [-0.2, 0) is 0 Å². The maximum atomic E-state index is 6.00. The maximum Gasteiger partial charge on any atom is 0.234 e. The van der Waals surface area contributed by atoms with Crippen molar-refractivity contribution in [3.8, 4) is 5.88 Å². The summed E-state index contributed by atoms with van der Waals surface area (Å²) in [5, 5.41) is 3.38. The average molecular weight is 250 g/mol. The molecule has 3 N–H and O–H groups in total. The first-order valence-electron chi connectivity index (χ1n) is 6.40. The third-order valence-corrected chi connectivity index (χ3v) is 3.63. The van der Waals surface area contributed by atoms with Gasteiger partial charge in [0.25, 0.3) is 0 Å². The van der Waals surface area contributed by atoms with E-state index in [0.717, 1.165) is 12.2 Å². The van der Waals surface area contributed by atoms with Crippen LogP contribution >= 0.6 is 0 Å². The molecule has 5 nitrogen and oxygen atoms in total. The molecule has 0 spiro atoms. The molecule has 1 aliphatic rings. The number of hydrogen-bond donors (Lipinski definition) is 2. The van der Waals surface area contributed by atoms with Gasteiger partial charge in [0, 0.05) is 17.5 Å². The third-order valence-electron chi connectivity index (χ3n) is 3.63. The van der Waals surface area contributed by atoms with Gasteiger partial charge in [0.1, 0.15) is 5.82 Å². The molecule has 0 aliphatic heterocycles. The Morgan fingerprint density at radius 1 is 1.44 bits per heavy atom. The largest absolute Gasteiger partial charge is 0.474 e. The van der Waals surface area contributed by atoms with Crippen molar-refractivity contribution in [1.29, 1.82) is 0 Å². The van der Waals surface area contributed by atoms with Crippen LogP contribution in [-0.4, -0.2) is 28.2 Å². The normalized spacial score (nSPS) is 25.7. The van der Waals surface area contributed by atoms with Gasteiger partial charge >= 0.3 is 0 Å². The van der Waals surface area contributed by atoms with Gasteiger partial charge in [-0.3, -0.25) is 4.98 Å². The van der Waals surface area contributed by atoms with E-state index in [0.29, 0.717) is 11.9 Å². The quantitative estimate of drug-likeness (QED) is 0.852. The van der Waals surface area contributed by atoms with Crippen LogP contribution < -0.4 is 15.8 Å². The summed E-state index contributed by atoms with van der Waals surface area (Å²) in [6.45, 7) is 8.27. The lowest BCUT2D eigenvalue weighted by Crippen LogP contribution is -2.61. The molecule has 1 aromatic heterocycles. The predicted molar refractivity (Wildman–Crippen MR) is 71.6 cm³/mol. The van der Waals surface area contributed by atoms with Crippen molar-refractivity contribution >= 4 is 5.82 Å². The van der Waals surface area contributed by atoms with E-state index in [9.17, 15) is 0 Å². The summed E-state index contributed by atoms with van der Waals surface area (Å²) in [6, 6.07) is 0.592. The molecule has 0 radical (unpaired) electrons. The first kappa shape index (κ1) is 13.1. The molecule has 0 aromatic carbocycles. The fourth-order valence-corrected chi connectivity index (χ4v) is 2.10. The van der Waals surface area contributed by atoms with E-state index in [1.165, 1.54) is 0 Å². The number of anilines is 1. The number of hydrogen-bond acceptors (Lipinski definition) is 5. The molecule has 100 valence electrons. The Bertz CT molecular complexity index is 419. The second kappa shape index (κ2) is 4.72. The van der Waals surface area contributed by atoms with Crippen LogP contribution in [0.15, 0.2) is 12.4 Å². The predicted octanol–water partition coefficient (Wildman–Crippen LogP) is 1.80. The summed E-state index contributed by atoms with van der Waals surface area (Å²) in [5.41, 5.74) is 6.09. The zero-order chi connectivity index (χ0) is 13.3. The van der Waals surface area contributed by atoms with E-state index in [2.05, 4.69) is 29.1 Å². The van der Waals surface area contributed by atoms with Gasteiger partial charge in [-0.25, -0.2) is 0 Å². The Balaban J connectivity index is 2.02. The lowest BCUT2D eigenvalue weighted by Gasteiger charge is -2.50. The highest BCUT2D eigenvalue weighted by Gasteiger charge is 2.46. The van der Waals surface area contributed by atoms with Gasteiger partial charge in [-0.1, -0.05) is 13.8 Å². The molecule has 2 rings (SSSR count). The van der Waals surface area contributed by atoms with Crippen molar-refractivity contribution in [3.63, 3.8) is 0 Å². The van der Waals surface area contributed by atoms with Gasteiger partial charge in [0.15, 0.2) is 0 Å². The van der Waals surface area contributed by atoms with Gasteiger partial charge in [-0.2, -0.15) is 4.98 Å². The standard InChI is InChI=1S/C13H22N4O/c1-8(2)18-12-7-15-6-11(17-12)16-10-5-9(14)13(10,3)4/h6-10H,5,14H2,1-4H3,(H,16,17). The van der Waals surface area contributed by atoms with Crippen LogP contribution in [0.5, 0.6) is 5.88 Å². The van der Waals surface area contributed by atoms with Crippen LogP contribution in [0.2, 0.25) is 0 Å². The number of nitrogens with zero attached hydrogens (tertiary/aromatic N) is 2. The molecule has 18 heavy (non-hydrogen) atoms. The average Bonchev–Trinajstić information content (AvgIpc) is 2.28. The molecule has 1 aromatic rings. The summed E-state index contributed by atoms with van der Waals surface area (Å²) in [6.07, 6.45) is 4.41. The molecular weight excluding hydrogens is 228 g/mol. The first-order chi connectivity index (χ1) is 8.39. The highest BCUT2D eigenvalue weighted by molar-refractivity contribution is 5.37. The van der Waals surface area contributed by atoms with Crippen molar-refractivity contribution in [2.75, 3.05) is 5.32 Å². The fraction of sp³-hybridized carbons (Fsp3) is 0.692. The SMILES string of the molecule is CC(C)Oc1cncc(NC2CC(N)C2(C)C)n1. The molecule has 2 atom stereocenters. The van der Waals surface area contributed by atoms with Crippen molar-refractivity contribution in [2.45, 2.75) is 52.3 Å². The molecule has 1 aliphatic carbocycles. The van der Waals surface area contributed by atoms with Gasteiger partial charge in [0.05, 0.1) is 18.5 Å². The zero-order valence-corrected chi connectivity index (χ0v) is 11.5. The molecule has 0 saturated heterocycles. The van der Waals surface area contributed by atoms with Crippen molar-refractivity contribution in [2.24, 2.45) is 11.1 Å². The summed E-state index contributed by atoms with van der Waals surface area (Å²) < 4.78 is 5.52.